The fourth-order valence-corrected chi connectivity index (χ4v) is 1.26. The highest BCUT2D eigenvalue weighted by Crippen LogP contribution is 2.15. The maximum atomic E-state index is 10.7. The van der Waals surface area contributed by atoms with Gasteiger partial charge in [-0.1, -0.05) is 6.07 Å². The highest BCUT2D eigenvalue weighted by molar-refractivity contribution is 5.78. The lowest BCUT2D eigenvalue weighted by Gasteiger charge is -2.07. The van der Waals surface area contributed by atoms with Gasteiger partial charge in [0.15, 0.2) is 6.29 Å². The molecule has 0 saturated carbocycles. The third kappa shape index (κ3) is 2.42. The summed E-state index contributed by atoms with van der Waals surface area (Å²) in [5.41, 5.74) is 1.41. The molecule has 0 atom stereocenters. The molecular formula is C12H10N2O2. The molecule has 0 bridgehead atoms. The van der Waals surface area contributed by atoms with E-state index in [0.717, 1.165) is 11.8 Å². The van der Waals surface area contributed by atoms with E-state index in [2.05, 4.69) is 9.97 Å². The molecule has 80 valence electrons. The summed E-state index contributed by atoms with van der Waals surface area (Å²) < 4.78 is 5.50. The van der Waals surface area contributed by atoms with Crippen molar-refractivity contribution >= 4 is 6.29 Å². The van der Waals surface area contributed by atoms with Crippen LogP contribution in [0.5, 0.6) is 5.75 Å². The molecule has 2 heterocycles. The molecule has 0 aliphatic carbocycles. The van der Waals surface area contributed by atoms with Gasteiger partial charge < -0.3 is 4.74 Å². The normalized spacial score (nSPS) is 9.75. The van der Waals surface area contributed by atoms with Gasteiger partial charge in [0.25, 0.3) is 0 Å². The van der Waals surface area contributed by atoms with Gasteiger partial charge in [0.1, 0.15) is 12.4 Å². The molecule has 0 fully saturated rings. The molecule has 0 radical (unpaired) electrons. The minimum Gasteiger partial charge on any atom is -0.488 e. The Labute approximate surface area is 92.9 Å². The summed E-state index contributed by atoms with van der Waals surface area (Å²) in [7, 11) is 0. The lowest BCUT2D eigenvalue weighted by atomic mass is 10.3. The van der Waals surface area contributed by atoms with Gasteiger partial charge in [0.2, 0.25) is 0 Å². The third-order valence-corrected chi connectivity index (χ3v) is 2.05. The molecule has 0 N–H and O–H groups in total. The minimum absolute atomic E-state index is 0.388. The number of carbonyl (C=O) groups is 1. The number of carbonyl (C=O) groups excluding carboxylic acids is 1. The van der Waals surface area contributed by atoms with Gasteiger partial charge in [-0.05, 0) is 12.1 Å². The first-order valence-corrected chi connectivity index (χ1v) is 4.81. The standard InChI is InChI=1S/C12H10N2O2/c15-8-11-7-14-5-3-12(11)16-9-10-2-1-4-13-6-10/h1-8H,9H2. The predicted molar refractivity (Wildman–Crippen MR) is 58.2 cm³/mol. The second-order valence-electron chi connectivity index (χ2n) is 3.18. The average molecular weight is 214 g/mol. The molecule has 2 aromatic heterocycles. The molecule has 0 spiro atoms. The smallest absolute Gasteiger partial charge is 0.155 e. The number of hydrogen-bond acceptors (Lipinski definition) is 4. The van der Waals surface area contributed by atoms with Gasteiger partial charge in [-0.15, -0.1) is 0 Å². The Morgan fingerprint density at radius 2 is 2.06 bits per heavy atom. The van der Waals surface area contributed by atoms with Crippen LogP contribution in [0.2, 0.25) is 0 Å². The molecule has 2 aromatic rings. The van der Waals surface area contributed by atoms with Crippen LogP contribution in [0.3, 0.4) is 0 Å². The second-order valence-corrected chi connectivity index (χ2v) is 3.18. The fourth-order valence-electron chi connectivity index (χ4n) is 1.26. The SMILES string of the molecule is O=Cc1cnccc1OCc1cccnc1. The molecular weight excluding hydrogens is 204 g/mol. The molecule has 0 unspecified atom stereocenters. The van der Waals surface area contributed by atoms with E-state index in [1.807, 2.05) is 12.1 Å². The average Bonchev–Trinajstić information content (AvgIpc) is 2.38. The van der Waals surface area contributed by atoms with Crippen molar-refractivity contribution in [3.63, 3.8) is 0 Å². The van der Waals surface area contributed by atoms with Crippen LogP contribution < -0.4 is 4.74 Å². The van der Waals surface area contributed by atoms with Gasteiger partial charge in [-0.3, -0.25) is 14.8 Å². The predicted octanol–water partition coefficient (Wildman–Crippen LogP) is 1.87. The van der Waals surface area contributed by atoms with Gasteiger partial charge >= 0.3 is 0 Å². The Kier molecular flexibility index (Phi) is 3.23. The zero-order chi connectivity index (χ0) is 11.2. The Morgan fingerprint density at radius 3 is 2.81 bits per heavy atom. The minimum atomic E-state index is 0.388. The van der Waals surface area contributed by atoms with Gasteiger partial charge in [0.05, 0.1) is 5.56 Å². The van der Waals surface area contributed by atoms with Crippen LogP contribution in [0.25, 0.3) is 0 Å². The summed E-state index contributed by atoms with van der Waals surface area (Å²) in [5.74, 6) is 0.536. The second kappa shape index (κ2) is 5.02. The topological polar surface area (TPSA) is 52.1 Å². The van der Waals surface area contributed by atoms with Crippen molar-refractivity contribution in [1.82, 2.24) is 9.97 Å². The van der Waals surface area contributed by atoms with Crippen molar-refractivity contribution < 1.29 is 9.53 Å². The molecule has 0 aromatic carbocycles. The van der Waals surface area contributed by atoms with Crippen LogP contribution in [0.1, 0.15) is 15.9 Å². The zero-order valence-electron chi connectivity index (χ0n) is 8.54. The first kappa shape index (κ1) is 10.3. The van der Waals surface area contributed by atoms with Crippen molar-refractivity contribution in [3.05, 3.63) is 54.1 Å². The summed E-state index contributed by atoms with van der Waals surface area (Å²) in [6.07, 6.45) is 7.22. The number of ether oxygens (including phenoxy) is 1. The van der Waals surface area contributed by atoms with E-state index in [1.165, 1.54) is 6.20 Å². The maximum absolute atomic E-state index is 10.7. The largest absolute Gasteiger partial charge is 0.488 e. The van der Waals surface area contributed by atoms with Crippen LogP contribution in [0, 0.1) is 0 Å². The number of pyridine rings is 2. The summed E-state index contributed by atoms with van der Waals surface area (Å²) in [6.45, 7) is 0.388. The summed E-state index contributed by atoms with van der Waals surface area (Å²) in [5, 5.41) is 0. The van der Waals surface area contributed by atoms with Crippen LogP contribution in [-0.4, -0.2) is 16.3 Å². The highest BCUT2D eigenvalue weighted by atomic mass is 16.5. The summed E-state index contributed by atoms with van der Waals surface area (Å²) in [4.78, 5) is 18.5. The molecule has 16 heavy (non-hydrogen) atoms. The molecule has 0 aliphatic heterocycles. The van der Waals surface area contributed by atoms with Crippen molar-refractivity contribution in [3.8, 4) is 5.75 Å². The van der Waals surface area contributed by atoms with Crippen molar-refractivity contribution in [2.24, 2.45) is 0 Å². The van der Waals surface area contributed by atoms with Crippen molar-refractivity contribution in [2.75, 3.05) is 0 Å². The Morgan fingerprint density at radius 1 is 1.19 bits per heavy atom. The third-order valence-electron chi connectivity index (χ3n) is 2.05. The number of nitrogens with zero attached hydrogens (tertiary/aromatic N) is 2. The number of hydrogen-bond donors (Lipinski definition) is 0. The van der Waals surface area contributed by atoms with E-state index in [9.17, 15) is 4.79 Å². The number of aromatic nitrogens is 2. The van der Waals surface area contributed by atoms with Crippen LogP contribution in [0.4, 0.5) is 0 Å². The Hall–Kier alpha value is -2.23. The monoisotopic (exact) mass is 214 g/mol. The summed E-state index contributed by atoms with van der Waals surface area (Å²) >= 11 is 0. The Balaban J connectivity index is 2.08. The van der Waals surface area contributed by atoms with E-state index in [0.29, 0.717) is 17.9 Å². The molecule has 0 aliphatic rings. The van der Waals surface area contributed by atoms with Crippen LogP contribution in [-0.2, 0) is 6.61 Å². The van der Waals surface area contributed by atoms with Gasteiger partial charge in [-0.25, -0.2) is 0 Å². The van der Waals surface area contributed by atoms with E-state index in [4.69, 9.17) is 4.74 Å². The number of rotatable bonds is 4. The van der Waals surface area contributed by atoms with Crippen molar-refractivity contribution in [1.29, 1.82) is 0 Å². The van der Waals surface area contributed by atoms with E-state index >= 15 is 0 Å². The highest BCUT2D eigenvalue weighted by Gasteiger charge is 2.02. The first-order valence-electron chi connectivity index (χ1n) is 4.81. The maximum Gasteiger partial charge on any atom is 0.155 e. The van der Waals surface area contributed by atoms with Crippen LogP contribution in [0.15, 0.2) is 43.0 Å². The van der Waals surface area contributed by atoms with Crippen molar-refractivity contribution in [2.45, 2.75) is 6.61 Å². The fraction of sp³-hybridized carbons (Fsp3) is 0.0833. The van der Waals surface area contributed by atoms with Gasteiger partial charge in [-0.2, -0.15) is 0 Å². The molecule has 4 heteroatoms. The van der Waals surface area contributed by atoms with E-state index in [-0.39, 0.29) is 0 Å². The molecule has 4 nitrogen and oxygen atoms in total. The number of aldehydes is 1. The molecule has 0 saturated heterocycles. The lowest BCUT2D eigenvalue weighted by molar-refractivity contribution is 0.111. The molecule has 2 rings (SSSR count). The zero-order valence-corrected chi connectivity index (χ0v) is 8.54. The van der Waals surface area contributed by atoms with E-state index in [1.54, 1.807) is 24.7 Å². The molecule has 0 amide bonds. The Bertz CT molecular complexity index is 471. The first-order chi connectivity index (χ1) is 7.90. The van der Waals surface area contributed by atoms with Gasteiger partial charge in [0, 0.05) is 30.4 Å². The summed E-state index contributed by atoms with van der Waals surface area (Å²) in [6, 6.07) is 5.42. The lowest BCUT2D eigenvalue weighted by Crippen LogP contribution is -1.98. The van der Waals surface area contributed by atoms with Crippen LogP contribution >= 0.6 is 0 Å². The quantitative estimate of drug-likeness (QED) is 0.729. The van der Waals surface area contributed by atoms with E-state index < -0.39 is 0 Å².